The van der Waals surface area contributed by atoms with E-state index < -0.39 is 39.0 Å². The van der Waals surface area contributed by atoms with Crippen molar-refractivity contribution in [3.8, 4) is 0 Å². The first-order valence-electron chi connectivity index (χ1n) is 4.82. The Balaban J connectivity index is 3.52. The van der Waals surface area contributed by atoms with Crippen molar-refractivity contribution >= 4 is 31.3 Å². The van der Waals surface area contributed by atoms with Gasteiger partial charge in [-0.05, 0) is 17.6 Å². The molecule has 0 aromatic heterocycles. The van der Waals surface area contributed by atoms with Crippen molar-refractivity contribution in [3.63, 3.8) is 0 Å². The minimum absolute atomic E-state index is 0.283. The largest absolute Gasteiger partial charge is 0.236 e. The SMILES string of the molecule is [2H]c1c([2H])c(CS(=O)(=O)Cl)c([2H])c([2H])c1Cl. The third-order valence-electron chi connectivity index (χ3n) is 0.963. The Labute approximate surface area is 86.2 Å². The first kappa shape index (κ1) is 5.47. The third-order valence-corrected chi connectivity index (χ3v) is 2.11. The molecule has 1 aromatic rings. The Hall–Kier alpha value is -0.250. The van der Waals surface area contributed by atoms with E-state index in [4.69, 9.17) is 27.8 Å². The van der Waals surface area contributed by atoms with Gasteiger partial charge in [0.1, 0.15) is 0 Å². The molecule has 0 radical (unpaired) electrons. The fourth-order valence-electron chi connectivity index (χ4n) is 0.568. The lowest BCUT2D eigenvalue weighted by atomic mass is 10.2. The Bertz CT molecular complexity index is 515. The standard InChI is InChI=1S/C7H6Cl2O2S/c8-7-3-1-6(2-4-7)5-12(9,10)11/h1-4H,5H2/i1D,2D,3D,4D. The highest BCUT2D eigenvalue weighted by Crippen LogP contribution is 2.13. The lowest BCUT2D eigenvalue weighted by Gasteiger charge is -1.96. The maximum atomic E-state index is 10.9. The number of halogens is 2. The van der Waals surface area contributed by atoms with E-state index >= 15 is 0 Å². The fourth-order valence-corrected chi connectivity index (χ4v) is 1.48. The van der Waals surface area contributed by atoms with E-state index in [1.54, 1.807) is 0 Å². The van der Waals surface area contributed by atoms with Crippen LogP contribution in [0.25, 0.3) is 0 Å². The van der Waals surface area contributed by atoms with E-state index in [1.807, 2.05) is 0 Å². The van der Waals surface area contributed by atoms with Gasteiger partial charge in [0, 0.05) is 15.7 Å². The van der Waals surface area contributed by atoms with Crippen molar-refractivity contribution in [2.24, 2.45) is 0 Å². The summed E-state index contributed by atoms with van der Waals surface area (Å²) in [5, 5.41) is -0.342. The Morgan fingerprint density at radius 3 is 2.25 bits per heavy atom. The molecule has 0 bridgehead atoms. The molecule has 0 spiro atoms. The van der Waals surface area contributed by atoms with E-state index in [0.717, 1.165) is 0 Å². The van der Waals surface area contributed by atoms with E-state index in [0.29, 0.717) is 0 Å². The quantitative estimate of drug-likeness (QED) is 0.729. The summed E-state index contributed by atoms with van der Waals surface area (Å²) in [7, 11) is 1.06. The van der Waals surface area contributed by atoms with Crippen molar-refractivity contribution in [1.82, 2.24) is 0 Å². The molecule has 0 aliphatic rings. The van der Waals surface area contributed by atoms with Gasteiger partial charge in [0.25, 0.3) is 0 Å². The lowest BCUT2D eigenvalue weighted by molar-refractivity contribution is 0.609. The summed E-state index contributed by atoms with van der Waals surface area (Å²) < 4.78 is 51.4. The molecule has 0 saturated heterocycles. The molecule has 1 aromatic carbocycles. The normalized spacial score (nSPS) is 16.2. The summed E-state index contributed by atoms with van der Waals surface area (Å²) in [5.41, 5.74) is -0.283. The highest BCUT2D eigenvalue weighted by Gasteiger charge is 2.05. The van der Waals surface area contributed by atoms with Gasteiger partial charge in [-0.2, -0.15) is 0 Å². The lowest BCUT2D eigenvalue weighted by Crippen LogP contribution is -1.93. The zero-order chi connectivity index (χ0) is 12.7. The summed E-state index contributed by atoms with van der Waals surface area (Å²) >= 11 is 5.53. The van der Waals surface area contributed by atoms with Crippen LogP contribution >= 0.6 is 22.3 Å². The van der Waals surface area contributed by atoms with Crippen LogP contribution in [0.15, 0.2) is 24.2 Å². The van der Waals surface area contributed by atoms with Crippen LogP contribution in [0.3, 0.4) is 0 Å². The van der Waals surface area contributed by atoms with Crippen LogP contribution in [0, 0.1) is 0 Å². The third kappa shape index (κ3) is 3.43. The Kier molecular flexibility index (Phi) is 1.66. The zero-order valence-electron chi connectivity index (χ0n) is 9.69. The molecule has 0 unspecified atom stereocenters. The van der Waals surface area contributed by atoms with E-state index in [-0.39, 0.29) is 10.6 Å². The van der Waals surface area contributed by atoms with Gasteiger partial charge in [-0.1, -0.05) is 23.7 Å². The molecule has 0 atom stereocenters. The van der Waals surface area contributed by atoms with Gasteiger partial charge in [0.05, 0.1) is 11.2 Å². The van der Waals surface area contributed by atoms with Crippen LogP contribution in [-0.4, -0.2) is 8.42 Å². The molecule has 0 heterocycles. The topological polar surface area (TPSA) is 34.1 Å². The first-order valence-corrected chi connectivity index (χ1v) is 5.68. The molecule has 1 rings (SSSR count). The highest BCUT2D eigenvalue weighted by molar-refractivity contribution is 8.13. The number of rotatable bonds is 2. The smallest absolute Gasteiger partial charge is 0.212 e. The minimum atomic E-state index is -3.95. The molecular formula is C7H6Cl2O2S. The van der Waals surface area contributed by atoms with Crippen molar-refractivity contribution in [3.05, 3.63) is 34.8 Å². The molecule has 2 nitrogen and oxygen atoms in total. The van der Waals surface area contributed by atoms with E-state index in [9.17, 15) is 8.42 Å². The van der Waals surface area contributed by atoms with E-state index in [1.165, 1.54) is 0 Å². The van der Waals surface area contributed by atoms with Crippen molar-refractivity contribution in [1.29, 1.82) is 0 Å². The summed E-state index contributed by atoms with van der Waals surface area (Å²) in [4.78, 5) is 0. The molecular weight excluding hydrogens is 219 g/mol. The molecule has 0 N–H and O–H groups in total. The van der Waals surface area contributed by atoms with Gasteiger partial charge in [-0.3, -0.25) is 0 Å². The van der Waals surface area contributed by atoms with Crippen LogP contribution in [0.1, 0.15) is 11.0 Å². The molecule has 0 amide bonds. The van der Waals surface area contributed by atoms with Gasteiger partial charge in [0.2, 0.25) is 9.05 Å². The predicted molar refractivity (Wildman–Crippen MR) is 49.9 cm³/mol. The number of hydrogen-bond acceptors (Lipinski definition) is 2. The summed E-state index contributed by atoms with van der Waals surface area (Å²) in [6.45, 7) is 0. The predicted octanol–water partition coefficient (Wildman–Crippen LogP) is 2.41. The molecule has 0 aliphatic heterocycles. The number of hydrogen-bond donors (Lipinski definition) is 0. The average molecular weight is 229 g/mol. The van der Waals surface area contributed by atoms with Crippen LogP contribution in [0.5, 0.6) is 0 Å². The second-order valence-electron chi connectivity index (χ2n) is 1.98. The zero-order valence-corrected chi connectivity index (χ0v) is 8.02. The van der Waals surface area contributed by atoms with Gasteiger partial charge in [-0.25, -0.2) is 8.42 Å². The maximum absolute atomic E-state index is 10.9. The molecule has 66 valence electrons. The maximum Gasteiger partial charge on any atom is 0.236 e. The van der Waals surface area contributed by atoms with Gasteiger partial charge in [-0.15, -0.1) is 0 Å². The van der Waals surface area contributed by atoms with Gasteiger partial charge in [0.15, 0.2) is 0 Å². The monoisotopic (exact) mass is 228 g/mol. The molecule has 12 heavy (non-hydrogen) atoms. The minimum Gasteiger partial charge on any atom is -0.212 e. The molecule has 0 fully saturated rings. The van der Waals surface area contributed by atoms with Crippen molar-refractivity contribution in [2.75, 3.05) is 0 Å². The molecule has 5 heteroatoms. The summed E-state index contributed by atoms with van der Waals surface area (Å²) in [6.07, 6.45) is 0. The molecule has 0 aliphatic carbocycles. The van der Waals surface area contributed by atoms with Crippen LogP contribution in [-0.2, 0) is 14.8 Å². The van der Waals surface area contributed by atoms with Gasteiger partial charge >= 0.3 is 0 Å². The van der Waals surface area contributed by atoms with Crippen molar-refractivity contribution < 1.29 is 13.9 Å². The van der Waals surface area contributed by atoms with Crippen LogP contribution in [0.2, 0.25) is 5.02 Å². The second kappa shape index (κ2) is 3.64. The first-order chi connectivity index (χ1) is 7.15. The van der Waals surface area contributed by atoms with Crippen LogP contribution in [0.4, 0.5) is 0 Å². The Morgan fingerprint density at radius 2 is 1.83 bits per heavy atom. The molecule has 0 saturated carbocycles. The highest BCUT2D eigenvalue weighted by atomic mass is 35.7. The van der Waals surface area contributed by atoms with Crippen molar-refractivity contribution in [2.45, 2.75) is 5.75 Å². The average Bonchev–Trinajstić information content (AvgIpc) is 2.17. The van der Waals surface area contributed by atoms with Gasteiger partial charge < -0.3 is 0 Å². The summed E-state index contributed by atoms with van der Waals surface area (Å²) in [5.74, 6) is -0.763. The fraction of sp³-hybridized carbons (Fsp3) is 0.143. The second-order valence-corrected chi connectivity index (χ2v) is 5.13. The summed E-state index contributed by atoms with van der Waals surface area (Å²) in [6, 6.07) is -1.93. The number of benzene rings is 1. The van der Waals surface area contributed by atoms with E-state index in [2.05, 4.69) is 0 Å². The Morgan fingerprint density at radius 1 is 1.33 bits per heavy atom. The van der Waals surface area contributed by atoms with Crippen LogP contribution < -0.4 is 0 Å².